The molecule has 4 rings (SSSR count). The molecule has 0 radical (unpaired) electrons. The molecule has 1 atom stereocenters. The van der Waals surface area contributed by atoms with Crippen LogP contribution in [0.25, 0.3) is 5.82 Å². The first-order valence-electron chi connectivity index (χ1n) is 9.63. The van der Waals surface area contributed by atoms with Gasteiger partial charge in [-0.2, -0.15) is 5.10 Å². The van der Waals surface area contributed by atoms with Gasteiger partial charge < -0.3 is 5.32 Å². The van der Waals surface area contributed by atoms with Gasteiger partial charge in [-0.15, -0.1) is 5.10 Å². The van der Waals surface area contributed by atoms with Gasteiger partial charge in [-0.25, -0.2) is 9.36 Å². The van der Waals surface area contributed by atoms with Gasteiger partial charge in [0.2, 0.25) is 5.91 Å². The van der Waals surface area contributed by atoms with Crippen LogP contribution in [-0.4, -0.2) is 25.5 Å². The Hall–Kier alpha value is -4.00. The van der Waals surface area contributed by atoms with E-state index in [2.05, 4.69) is 15.5 Å². The predicted molar refractivity (Wildman–Crippen MR) is 113 cm³/mol. The summed E-state index contributed by atoms with van der Waals surface area (Å²) in [4.78, 5) is 25.5. The van der Waals surface area contributed by atoms with Crippen molar-refractivity contribution in [1.82, 2.24) is 24.9 Å². The van der Waals surface area contributed by atoms with Crippen LogP contribution in [0, 0.1) is 0 Å². The number of carbonyl (C=O) groups excluding carboxylic acids is 1. The van der Waals surface area contributed by atoms with Gasteiger partial charge in [-0.3, -0.25) is 9.59 Å². The molecule has 0 aliphatic heterocycles. The molecule has 0 aliphatic rings. The Morgan fingerprint density at radius 1 is 0.900 bits per heavy atom. The van der Waals surface area contributed by atoms with Crippen molar-refractivity contribution in [3.8, 4) is 5.82 Å². The number of carbonyl (C=O) groups is 1. The van der Waals surface area contributed by atoms with Crippen molar-refractivity contribution >= 4 is 5.91 Å². The third-order valence-electron chi connectivity index (χ3n) is 4.85. The van der Waals surface area contributed by atoms with Gasteiger partial charge in [0.05, 0.1) is 6.04 Å². The summed E-state index contributed by atoms with van der Waals surface area (Å²) in [5, 5.41) is 11.5. The molecule has 0 fully saturated rings. The minimum absolute atomic E-state index is 0.306. The largest absolute Gasteiger partial charge is 0.343 e. The average Bonchev–Trinajstić information content (AvgIpc) is 3.33. The Labute approximate surface area is 173 Å². The molecular formula is C23H21N5O2. The number of amides is 1. The number of nitrogens with zero attached hydrogens (tertiary/aromatic N) is 4. The first kappa shape index (κ1) is 19.3. The Balaban J connectivity index is 1.63. The van der Waals surface area contributed by atoms with Crippen LogP contribution in [0.15, 0.2) is 96.1 Å². The number of benzene rings is 2. The summed E-state index contributed by atoms with van der Waals surface area (Å²) in [6.45, 7) is 1.66. The maximum absolute atomic E-state index is 13.1. The zero-order chi connectivity index (χ0) is 20.9. The maximum Gasteiger partial charge on any atom is 0.267 e. The molecule has 4 aromatic rings. The highest BCUT2D eigenvalue weighted by Crippen LogP contribution is 2.22. The summed E-state index contributed by atoms with van der Waals surface area (Å²) in [5.74, 6) is 0.154. The molecule has 1 amide bonds. The summed E-state index contributed by atoms with van der Waals surface area (Å²) in [6, 6.07) is 23.0. The maximum atomic E-state index is 13.1. The number of nitrogens with one attached hydrogen (secondary N) is 1. The predicted octanol–water partition coefficient (Wildman–Crippen LogP) is 2.90. The molecule has 0 bridgehead atoms. The molecule has 1 unspecified atom stereocenters. The Kier molecular flexibility index (Phi) is 5.52. The first-order chi connectivity index (χ1) is 14.6. The lowest BCUT2D eigenvalue weighted by Crippen LogP contribution is -2.39. The van der Waals surface area contributed by atoms with E-state index < -0.39 is 6.04 Å². The third-order valence-corrected chi connectivity index (χ3v) is 4.85. The van der Waals surface area contributed by atoms with Crippen molar-refractivity contribution in [2.45, 2.75) is 19.0 Å². The van der Waals surface area contributed by atoms with Crippen LogP contribution in [0.1, 0.15) is 30.1 Å². The van der Waals surface area contributed by atoms with Gasteiger partial charge in [0.25, 0.3) is 5.56 Å². The minimum atomic E-state index is -0.803. The van der Waals surface area contributed by atoms with Gasteiger partial charge in [0.1, 0.15) is 6.04 Å². The molecule has 2 heterocycles. The summed E-state index contributed by atoms with van der Waals surface area (Å²) < 4.78 is 2.72. The molecule has 2 aromatic carbocycles. The second-order valence-corrected chi connectivity index (χ2v) is 6.86. The highest BCUT2D eigenvalue weighted by molar-refractivity contribution is 5.80. The van der Waals surface area contributed by atoms with Crippen LogP contribution in [0.5, 0.6) is 0 Å². The molecular weight excluding hydrogens is 378 g/mol. The Morgan fingerprint density at radius 3 is 2.10 bits per heavy atom. The number of aromatic nitrogens is 4. The van der Waals surface area contributed by atoms with E-state index in [0.29, 0.717) is 5.82 Å². The molecule has 2 aromatic heterocycles. The molecule has 150 valence electrons. The van der Waals surface area contributed by atoms with Crippen LogP contribution in [0.4, 0.5) is 0 Å². The monoisotopic (exact) mass is 399 g/mol. The minimum Gasteiger partial charge on any atom is -0.343 e. The fraction of sp³-hybridized carbons (Fsp3) is 0.130. The van der Waals surface area contributed by atoms with Crippen molar-refractivity contribution in [3.63, 3.8) is 0 Å². The SMILES string of the molecule is CC(C(=O)NC(c1ccccc1)c1ccccc1)n1nc(-n2cccn2)ccc1=O. The topological polar surface area (TPSA) is 81.8 Å². The lowest BCUT2D eigenvalue weighted by atomic mass is 9.98. The average molecular weight is 399 g/mol. The smallest absolute Gasteiger partial charge is 0.267 e. The summed E-state index contributed by atoms with van der Waals surface area (Å²) in [5.41, 5.74) is 1.55. The number of hydrogen-bond acceptors (Lipinski definition) is 4. The van der Waals surface area contributed by atoms with Crippen LogP contribution < -0.4 is 10.9 Å². The van der Waals surface area contributed by atoms with Gasteiger partial charge >= 0.3 is 0 Å². The summed E-state index contributed by atoms with van der Waals surface area (Å²) in [7, 11) is 0. The molecule has 0 saturated carbocycles. The van der Waals surface area contributed by atoms with E-state index in [1.807, 2.05) is 60.7 Å². The molecule has 7 nitrogen and oxygen atoms in total. The van der Waals surface area contributed by atoms with Gasteiger partial charge in [-0.1, -0.05) is 60.7 Å². The van der Waals surface area contributed by atoms with Crippen molar-refractivity contribution < 1.29 is 4.79 Å². The number of hydrogen-bond donors (Lipinski definition) is 1. The van der Waals surface area contributed by atoms with E-state index in [-0.39, 0.29) is 17.5 Å². The van der Waals surface area contributed by atoms with E-state index >= 15 is 0 Å². The third kappa shape index (κ3) is 4.05. The van der Waals surface area contributed by atoms with Gasteiger partial charge in [0, 0.05) is 18.5 Å². The normalized spacial score (nSPS) is 11.9. The van der Waals surface area contributed by atoms with Crippen LogP contribution in [-0.2, 0) is 4.79 Å². The van der Waals surface area contributed by atoms with E-state index in [1.165, 1.54) is 15.4 Å². The van der Waals surface area contributed by atoms with Crippen molar-refractivity contribution in [3.05, 3.63) is 113 Å². The highest BCUT2D eigenvalue weighted by Gasteiger charge is 2.23. The second-order valence-electron chi connectivity index (χ2n) is 6.86. The zero-order valence-corrected chi connectivity index (χ0v) is 16.4. The summed E-state index contributed by atoms with van der Waals surface area (Å²) in [6.07, 6.45) is 3.35. The zero-order valence-electron chi connectivity index (χ0n) is 16.4. The molecule has 7 heteroatoms. The Bertz CT molecular complexity index is 1130. The molecule has 0 aliphatic carbocycles. The van der Waals surface area contributed by atoms with E-state index in [0.717, 1.165) is 11.1 Å². The van der Waals surface area contributed by atoms with Crippen molar-refractivity contribution in [2.24, 2.45) is 0 Å². The fourth-order valence-corrected chi connectivity index (χ4v) is 3.24. The van der Waals surface area contributed by atoms with Gasteiger partial charge in [-0.05, 0) is 30.2 Å². The molecule has 30 heavy (non-hydrogen) atoms. The molecule has 1 N–H and O–H groups in total. The van der Waals surface area contributed by atoms with Crippen LogP contribution >= 0.6 is 0 Å². The molecule has 0 saturated heterocycles. The van der Waals surface area contributed by atoms with E-state index in [9.17, 15) is 9.59 Å². The highest BCUT2D eigenvalue weighted by atomic mass is 16.2. The quantitative estimate of drug-likeness (QED) is 0.541. The lowest BCUT2D eigenvalue weighted by molar-refractivity contribution is -0.124. The Morgan fingerprint density at radius 2 is 1.53 bits per heavy atom. The van der Waals surface area contributed by atoms with Crippen LogP contribution in [0.2, 0.25) is 0 Å². The second kappa shape index (κ2) is 8.57. The fourth-order valence-electron chi connectivity index (χ4n) is 3.24. The van der Waals surface area contributed by atoms with Gasteiger partial charge in [0.15, 0.2) is 5.82 Å². The van der Waals surface area contributed by atoms with Crippen LogP contribution in [0.3, 0.4) is 0 Å². The standard InChI is InChI=1S/C23H21N5O2/c1-17(28-21(29)14-13-20(26-28)27-16-8-15-24-27)23(30)25-22(18-9-4-2-5-10-18)19-11-6-3-7-12-19/h2-17,22H,1H3,(H,25,30). The number of rotatable bonds is 6. The van der Waals surface area contributed by atoms with E-state index in [4.69, 9.17) is 0 Å². The van der Waals surface area contributed by atoms with Crippen molar-refractivity contribution in [1.29, 1.82) is 0 Å². The molecule has 0 spiro atoms. The van der Waals surface area contributed by atoms with E-state index in [1.54, 1.807) is 31.5 Å². The summed E-state index contributed by atoms with van der Waals surface area (Å²) >= 11 is 0. The van der Waals surface area contributed by atoms with Crippen molar-refractivity contribution in [2.75, 3.05) is 0 Å². The lowest BCUT2D eigenvalue weighted by Gasteiger charge is -2.22. The first-order valence-corrected chi connectivity index (χ1v) is 9.63.